The number of likely N-dealkylation sites (N-methyl/N-ethyl adjacent to an activating group) is 1. The van der Waals surface area contributed by atoms with Crippen LogP contribution in [0.1, 0.15) is 25.8 Å². The Bertz CT molecular complexity index is 1320. The molecule has 3 aromatic rings. The van der Waals surface area contributed by atoms with Crippen LogP contribution in [0.25, 0.3) is 0 Å². The highest BCUT2D eigenvalue weighted by Crippen LogP contribution is 2.26. The zero-order chi connectivity index (χ0) is 27.0. The van der Waals surface area contributed by atoms with Gasteiger partial charge in [0.25, 0.3) is 10.0 Å². The van der Waals surface area contributed by atoms with E-state index < -0.39 is 28.5 Å². The van der Waals surface area contributed by atoms with E-state index in [0.717, 1.165) is 4.31 Å². The van der Waals surface area contributed by atoms with Gasteiger partial charge in [-0.05, 0) is 55.3 Å². The summed E-state index contributed by atoms with van der Waals surface area (Å²) in [7, 11) is -4.09. The van der Waals surface area contributed by atoms with Crippen molar-refractivity contribution in [1.82, 2.24) is 10.2 Å². The number of sulfonamides is 1. The third kappa shape index (κ3) is 7.03. The lowest BCUT2D eigenvalue weighted by Crippen LogP contribution is -2.52. The lowest BCUT2D eigenvalue weighted by molar-refractivity contribution is -0.140. The van der Waals surface area contributed by atoms with Crippen molar-refractivity contribution in [3.05, 3.63) is 94.5 Å². The van der Waals surface area contributed by atoms with Crippen LogP contribution in [-0.4, -0.2) is 44.3 Å². The predicted molar refractivity (Wildman–Crippen MR) is 147 cm³/mol. The van der Waals surface area contributed by atoms with Gasteiger partial charge in [-0.2, -0.15) is 0 Å². The van der Waals surface area contributed by atoms with Crippen molar-refractivity contribution in [3.63, 3.8) is 0 Å². The van der Waals surface area contributed by atoms with Gasteiger partial charge in [-0.15, -0.1) is 0 Å². The van der Waals surface area contributed by atoms with Gasteiger partial charge in [0.15, 0.2) is 0 Å². The van der Waals surface area contributed by atoms with E-state index in [1.165, 1.54) is 17.0 Å². The maximum absolute atomic E-state index is 13.9. The van der Waals surface area contributed by atoms with Crippen molar-refractivity contribution in [2.45, 2.75) is 37.8 Å². The predicted octanol–water partition coefficient (Wildman–Crippen LogP) is 5.13. The molecule has 0 heterocycles. The smallest absolute Gasteiger partial charge is 0.264 e. The van der Waals surface area contributed by atoms with Crippen molar-refractivity contribution < 1.29 is 18.0 Å². The molecule has 7 nitrogen and oxygen atoms in total. The van der Waals surface area contributed by atoms with Crippen LogP contribution in [0, 0.1) is 0 Å². The Labute approximate surface area is 228 Å². The van der Waals surface area contributed by atoms with E-state index in [1.807, 2.05) is 0 Å². The SMILES string of the molecule is CCNC(=O)[C@H](CC)N(Cc1ccc(Cl)cc1Cl)C(=O)CN(c1ccccc1)S(=O)(=O)c1ccccc1. The van der Waals surface area contributed by atoms with Crippen LogP contribution in [-0.2, 0) is 26.2 Å². The Morgan fingerprint density at radius 2 is 1.54 bits per heavy atom. The van der Waals surface area contributed by atoms with Crippen molar-refractivity contribution >= 4 is 50.7 Å². The molecule has 0 aliphatic rings. The van der Waals surface area contributed by atoms with Crippen LogP contribution in [0.15, 0.2) is 83.8 Å². The zero-order valence-corrected chi connectivity index (χ0v) is 22.9. The molecule has 0 unspecified atom stereocenters. The molecule has 3 rings (SSSR count). The Kier molecular flexibility index (Phi) is 9.97. The molecule has 0 saturated carbocycles. The molecule has 196 valence electrons. The first-order valence-corrected chi connectivity index (χ1v) is 14.0. The van der Waals surface area contributed by atoms with E-state index in [0.29, 0.717) is 34.3 Å². The van der Waals surface area contributed by atoms with Crippen LogP contribution in [0.4, 0.5) is 5.69 Å². The number of carbonyl (C=O) groups is 2. The fourth-order valence-electron chi connectivity index (χ4n) is 3.89. The second-order valence-corrected chi connectivity index (χ2v) is 10.9. The number of rotatable bonds is 11. The van der Waals surface area contributed by atoms with Crippen molar-refractivity contribution in [2.24, 2.45) is 0 Å². The minimum absolute atomic E-state index is 0.00150. The Morgan fingerprint density at radius 3 is 2.11 bits per heavy atom. The average molecular weight is 563 g/mol. The maximum Gasteiger partial charge on any atom is 0.264 e. The number of hydrogen-bond acceptors (Lipinski definition) is 4. The minimum Gasteiger partial charge on any atom is -0.355 e. The molecule has 3 aromatic carbocycles. The molecule has 0 bridgehead atoms. The van der Waals surface area contributed by atoms with Gasteiger partial charge < -0.3 is 10.2 Å². The molecule has 1 atom stereocenters. The highest BCUT2D eigenvalue weighted by Gasteiger charge is 2.33. The molecule has 1 N–H and O–H groups in total. The number of nitrogens with zero attached hydrogens (tertiary/aromatic N) is 2. The normalized spacial score (nSPS) is 12.0. The molecule has 0 saturated heterocycles. The monoisotopic (exact) mass is 561 g/mol. The van der Waals surface area contributed by atoms with E-state index in [-0.39, 0.29) is 17.3 Å². The van der Waals surface area contributed by atoms with Crippen molar-refractivity contribution in [1.29, 1.82) is 0 Å². The molecule has 0 radical (unpaired) electrons. The van der Waals surface area contributed by atoms with Gasteiger partial charge in [0.2, 0.25) is 11.8 Å². The fraction of sp³-hybridized carbons (Fsp3) is 0.259. The van der Waals surface area contributed by atoms with Crippen LogP contribution < -0.4 is 9.62 Å². The quantitative estimate of drug-likeness (QED) is 0.351. The summed E-state index contributed by atoms with van der Waals surface area (Å²) in [5.74, 6) is -0.881. The Balaban J connectivity index is 2.04. The van der Waals surface area contributed by atoms with Gasteiger partial charge in [-0.1, -0.05) is 72.6 Å². The molecule has 0 fully saturated rings. The van der Waals surface area contributed by atoms with E-state index in [1.54, 1.807) is 80.6 Å². The van der Waals surface area contributed by atoms with Gasteiger partial charge in [0.1, 0.15) is 12.6 Å². The second-order valence-electron chi connectivity index (χ2n) is 8.24. The fourth-order valence-corrected chi connectivity index (χ4v) is 5.79. The molecule has 0 spiro atoms. The minimum atomic E-state index is -4.09. The number of halogens is 2. The third-order valence-corrected chi connectivity index (χ3v) is 8.12. The topological polar surface area (TPSA) is 86.8 Å². The summed E-state index contributed by atoms with van der Waals surface area (Å²) in [4.78, 5) is 28.2. The van der Waals surface area contributed by atoms with Crippen LogP contribution >= 0.6 is 23.2 Å². The van der Waals surface area contributed by atoms with Gasteiger partial charge in [0, 0.05) is 23.1 Å². The number of carbonyl (C=O) groups excluding carboxylic acids is 2. The van der Waals surface area contributed by atoms with E-state index >= 15 is 0 Å². The second kappa shape index (κ2) is 12.9. The number of hydrogen-bond donors (Lipinski definition) is 1. The van der Waals surface area contributed by atoms with Gasteiger partial charge in [-0.3, -0.25) is 13.9 Å². The summed E-state index contributed by atoms with van der Waals surface area (Å²) < 4.78 is 28.4. The van der Waals surface area contributed by atoms with Gasteiger partial charge >= 0.3 is 0 Å². The summed E-state index contributed by atoms with van der Waals surface area (Å²) >= 11 is 12.4. The molecule has 10 heteroatoms. The summed E-state index contributed by atoms with van der Waals surface area (Å²) in [6.45, 7) is 3.45. The number of anilines is 1. The number of para-hydroxylation sites is 1. The lowest BCUT2D eigenvalue weighted by Gasteiger charge is -2.33. The maximum atomic E-state index is 13.9. The van der Waals surface area contributed by atoms with E-state index in [9.17, 15) is 18.0 Å². The first kappa shape index (κ1) is 28.5. The Morgan fingerprint density at radius 1 is 0.919 bits per heavy atom. The molecule has 0 aliphatic carbocycles. The standard InChI is InChI=1S/C27H29Cl2N3O4S/c1-3-25(27(34)30-4-2)31(18-20-15-16-21(28)17-24(20)29)26(33)19-32(22-11-7-5-8-12-22)37(35,36)23-13-9-6-10-14-23/h5-17,25H,3-4,18-19H2,1-2H3,(H,30,34)/t25-/m0/s1. The summed E-state index contributed by atoms with van der Waals surface area (Å²) in [5, 5.41) is 3.54. The molecule has 2 amide bonds. The number of amides is 2. The summed E-state index contributed by atoms with van der Waals surface area (Å²) in [5.41, 5.74) is 0.912. The number of benzene rings is 3. The van der Waals surface area contributed by atoms with Gasteiger partial charge in [0.05, 0.1) is 10.6 Å². The van der Waals surface area contributed by atoms with Crippen LogP contribution in [0.2, 0.25) is 10.0 Å². The highest BCUT2D eigenvalue weighted by molar-refractivity contribution is 7.92. The Hall–Kier alpha value is -3.07. The molecule has 37 heavy (non-hydrogen) atoms. The lowest BCUT2D eigenvalue weighted by atomic mass is 10.1. The van der Waals surface area contributed by atoms with Crippen molar-refractivity contribution in [3.8, 4) is 0 Å². The van der Waals surface area contributed by atoms with E-state index in [4.69, 9.17) is 23.2 Å². The first-order chi connectivity index (χ1) is 17.7. The molecular formula is C27H29Cl2N3O4S. The molecular weight excluding hydrogens is 533 g/mol. The van der Waals surface area contributed by atoms with Gasteiger partial charge in [-0.25, -0.2) is 8.42 Å². The van der Waals surface area contributed by atoms with Crippen LogP contribution in [0.3, 0.4) is 0 Å². The largest absolute Gasteiger partial charge is 0.355 e. The van der Waals surface area contributed by atoms with Crippen molar-refractivity contribution in [2.75, 3.05) is 17.4 Å². The highest BCUT2D eigenvalue weighted by atomic mass is 35.5. The molecule has 0 aromatic heterocycles. The average Bonchev–Trinajstić information content (AvgIpc) is 2.89. The summed E-state index contributed by atoms with van der Waals surface area (Å²) in [6.07, 6.45) is 0.319. The zero-order valence-electron chi connectivity index (χ0n) is 20.6. The first-order valence-electron chi connectivity index (χ1n) is 11.8. The van der Waals surface area contributed by atoms with Crippen LogP contribution in [0.5, 0.6) is 0 Å². The number of nitrogens with one attached hydrogen (secondary N) is 1. The summed E-state index contributed by atoms with van der Waals surface area (Å²) in [6, 6.07) is 20.4. The molecule has 0 aliphatic heterocycles. The van der Waals surface area contributed by atoms with E-state index in [2.05, 4.69) is 5.32 Å². The third-order valence-electron chi connectivity index (χ3n) is 5.75.